The number of primary amides is 1. The highest BCUT2D eigenvalue weighted by Gasteiger charge is 2.50. The maximum Gasteiger partial charge on any atom is 0.307 e. The molecule has 0 aromatic carbocycles. The summed E-state index contributed by atoms with van der Waals surface area (Å²) in [5, 5.41) is 12.6. The minimum atomic E-state index is -4.32. The third-order valence-electron chi connectivity index (χ3n) is 7.78. The molecule has 0 saturated heterocycles. The molecule has 0 bridgehead atoms. The van der Waals surface area contributed by atoms with Crippen molar-refractivity contribution in [1.29, 1.82) is 0 Å². The molecule has 3 unspecified atom stereocenters. The van der Waals surface area contributed by atoms with Crippen LogP contribution in [0, 0.1) is 39.4 Å². The van der Waals surface area contributed by atoms with Crippen molar-refractivity contribution in [3.05, 3.63) is 0 Å². The van der Waals surface area contributed by atoms with Crippen molar-refractivity contribution < 1.29 is 32.5 Å². The maximum absolute atomic E-state index is 13.7. The van der Waals surface area contributed by atoms with Gasteiger partial charge in [0.25, 0.3) is 10.1 Å². The number of nitrogens with one attached hydrogen (secondary N) is 1. The molecule has 0 aromatic heterocycles. The fourth-order valence-electron chi connectivity index (χ4n) is 4.96. The molecule has 9 nitrogen and oxygen atoms in total. The number of hydrogen-bond acceptors (Lipinski definition) is 5. The first kappa shape index (κ1) is 35.3. The first-order chi connectivity index (χ1) is 16.0. The summed E-state index contributed by atoms with van der Waals surface area (Å²) in [4.78, 5) is 38.2. The molecule has 3 atom stereocenters. The van der Waals surface area contributed by atoms with Gasteiger partial charge in [0.05, 0.1) is 17.2 Å². The summed E-state index contributed by atoms with van der Waals surface area (Å²) < 4.78 is 32.3. The first-order valence-electron chi connectivity index (χ1n) is 12.8. The molecule has 0 aliphatic rings. The number of rotatable bonds is 13. The zero-order valence-corrected chi connectivity index (χ0v) is 25.8. The van der Waals surface area contributed by atoms with Crippen molar-refractivity contribution in [2.75, 3.05) is 5.75 Å². The van der Waals surface area contributed by atoms with Gasteiger partial charge in [0, 0.05) is 11.8 Å². The van der Waals surface area contributed by atoms with Crippen LogP contribution < -0.4 is 11.1 Å². The molecule has 0 spiro atoms. The van der Waals surface area contributed by atoms with E-state index in [1.807, 2.05) is 69.2 Å². The smallest absolute Gasteiger partial charge is 0.307 e. The fraction of sp³-hybridized carbons (Fsp3) is 0.889. The zero-order chi connectivity index (χ0) is 30.0. The van der Waals surface area contributed by atoms with Crippen LogP contribution in [0.5, 0.6) is 0 Å². The summed E-state index contributed by atoms with van der Waals surface area (Å²) in [6.45, 7) is 22.3. The van der Waals surface area contributed by atoms with Gasteiger partial charge >= 0.3 is 5.97 Å². The molecule has 0 fully saturated rings. The first-order valence-corrected chi connectivity index (χ1v) is 14.4. The molecular weight excluding hydrogens is 496 g/mol. The lowest BCUT2D eigenvalue weighted by atomic mass is 9.55. The Bertz CT molecular complexity index is 939. The highest BCUT2D eigenvalue weighted by molar-refractivity contribution is 7.85. The van der Waals surface area contributed by atoms with E-state index in [1.54, 1.807) is 0 Å². The number of carboxylic acid groups (broad SMARTS) is 1. The predicted octanol–water partition coefficient (Wildman–Crippen LogP) is 4.50. The second kappa shape index (κ2) is 11.6. The molecule has 2 amide bonds. The predicted molar refractivity (Wildman–Crippen MR) is 146 cm³/mol. The van der Waals surface area contributed by atoms with Gasteiger partial charge in [0.1, 0.15) is 0 Å². The Kier molecular flexibility index (Phi) is 11.1. The molecule has 0 aromatic rings. The van der Waals surface area contributed by atoms with E-state index in [-0.39, 0.29) is 24.2 Å². The number of hydrogen-bond donors (Lipinski definition) is 4. The zero-order valence-electron chi connectivity index (χ0n) is 25.0. The average Bonchev–Trinajstić information content (AvgIpc) is 2.57. The molecule has 37 heavy (non-hydrogen) atoms. The maximum atomic E-state index is 13.7. The Labute approximate surface area is 224 Å². The summed E-state index contributed by atoms with van der Waals surface area (Å²) in [6, 6.07) is 0. The largest absolute Gasteiger partial charge is 0.481 e. The minimum Gasteiger partial charge on any atom is -0.481 e. The van der Waals surface area contributed by atoms with Crippen LogP contribution in [0.4, 0.5) is 0 Å². The highest BCUT2D eigenvalue weighted by atomic mass is 32.2. The Morgan fingerprint density at radius 1 is 0.838 bits per heavy atom. The van der Waals surface area contributed by atoms with Crippen LogP contribution in [-0.4, -0.2) is 47.2 Å². The molecule has 0 aliphatic carbocycles. The number of carboxylic acids is 1. The minimum absolute atomic E-state index is 0.0885. The van der Waals surface area contributed by atoms with Crippen molar-refractivity contribution in [3.8, 4) is 0 Å². The Morgan fingerprint density at radius 2 is 1.30 bits per heavy atom. The van der Waals surface area contributed by atoms with E-state index in [2.05, 4.69) is 5.32 Å². The van der Waals surface area contributed by atoms with E-state index in [9.17, 15) is 32.5 Å². The van der Waals surface area contributed by atoms with Gasteiger partial charge in [-0.25, -0.2) is 0 Å². The van der Waals surface area contributed by atoms with Gasteiger partial charge in [-0.05, 0) is 54.8 Å². The van der Waals surface area contributed by atoms with Crippen molar-refractivity contribution in [2.24, 2.45) is 45.1 Å². The van der Waals surface area contributed by atoms with Gasteiger partial charge in [-0.15, -0.1) is 0 Å². The molecule has 0 rings (SSSR count). The topological polar surface area (TPSA) is 164 Å². The third kappa shape index (κ3) is 11.3. The monoisotopic (exact) mass is 548 g/mol. The summed E-state index contributed by atoms with van der Waals surface area (Å²) in [7, 11) is -4.32. The lowest BCUT2D eigenvalue weighted by molar-refractivity contribution is -0.147. The number of carbonyl (C=O) groups is 3. The summed E-state index contributed by atoms with van der Waals surface area (Å²) in [5.41, 5.74) is 2.36. The van der Waals surface area contributed by atoms with Crippen molar-refractivity contribution in [1.82, 2.24) is 5.32 Å². The third-order valence-corrected chi connectivity index (χ3v) is 8.86. The van der Waals surface area contributed by atoms with Crippen LogP contribution >= 0.6 is 0 Å². The molecule has 5 N–H and O–H groups in total. The SMILES string of the molecule is CC(C)(C)CC(C(=O)NC(C)(C)CS(=O)(=O)O)C(C)(C)C(C)(C)CC(CC(C(=O)O)C(C)(C)C)C(N)=O. The van der Waals surface area contributed by atoms with Crippen molar-refractivity contribution in [2.45, 2.75) is 108 Å². The molecule has 0 saturated carbocycles. The van der Waals surface area contributed by atoms with Crippen LogP contribution in [0.3, 0.4) is 0 Å². The van der Waals surface area contributed by atoms with Crippen molar-refractivity contribution in [3.63, 3.8) is 0 Å². The number of amides is 2. The van der Waals surface area contributed by atoms with E-state index < -0.39 is 67.3 Å². The lowest BCUT2D eigenvalue weighted by Crippen LogP contribution is -2.55. The standard InChI is InChI=1S/C27H52N2O7S/c1-23(2,3)15-19(21(31)29-26(9,10)16-37(34,35)36)27(11,12)25(7,8)14-17(20(28)30)13-18(22(32)33)24(4,5)6/h17-19H,13-16H2,1-12H3,(H2,28,30)(H,29,31)(H,32,33)(H,34,35,36). The lowest BCUT2D eigenvalue weighted by Gasteiger charge is -2.50. The fourth-order valence-corrected chi connectivity index (χ4v) is 5.94. The van der Waals surface area contributed by atoms with Crippen LogP contribution in [0.25, 0.3) is 0 Å². The van der Waals surface area contributed by atoms with E-state index in [1.165, 1.54) is 13.8 Å². The van der Waals surface area contributed by atoms with E-state index >= 15 is 0 Å². The number of aliphatic carboxylic acids is 1. The molecule has 0 radical (unpaired) electrons. The molecular formula is C27H52N2O7S. The molecule has 0 aliphatic heterocycles. The van der Waals surface area contributed by atoms with Crippen molar-refractivity contribution >= 4 is 27.9 Å². The van der Waals surface area contributed by atoms with Gasteiger partial charge in [0.15, 0.2) is 0 Å². The van der Waals surface area contributed by atoms with Gasteiger partial charge in [-0.3, -0.25) is 18.9 Å². The molecule has 10 heteroatoms. The quantitative estimate of drug-likeness (QED) is 0.246. The second-order valence-corrected chi connectivity index (χ2v) is 16.3. The van der Waals surface area contributed by atoms with Crippen LogP contribution in [0.2, 0.25) is 0 Å². The Balaban J connectivity index is 6.36. The van der Waals surface area contributed by atoms with Crippen LogP contribution in [0.1, 0.15) is 102 Å². The van der Waals surface area contributed by atoms with E-state index in [0.717, 1.165) is 0 Å². The van der Waals surface area contributed by atoms with Gasteiger partial charge < -0.3 is 16.2 Å². The summed E-state index contributed by atoms with van der Waals surface area (Å²) in [5.74, 6) is -4.63. The molecule has 0 heterocycles. The average molecular weight is 549 g/mol. The van der Waals surface area contributed by atoms with Crippen LogP contribution in [0.15, 0.2) is 0 Å². The Hall–Kier alpha value is -1.68. The number of nitrogens with two attached hydrogens (primary N) is 1. The second-order valence-electron chi connectivity index (χ2n) is 14.8. The van der Waals surface area contributed by atoms with Crippen LogP contribution in [-0.2, 0) is 24.5 Å². The van der Waals surface area contributed by atoms with Gasteiger partial charge in [-0.1, -0.05) is 69.2 Å². The van der Waals surface area contributed by atoms with Gasteiger partial charge in [-0.2, -0.15) is 8.42 Å². The summed E-state index contributed by atoms with van der Waals surface area (Å²) >= 11 is 0. The van der Waals surface area contributed by atoms with E-state index in [0.29, 0.717) is 6.42 Å². The van der Waals surface area contributed by atoms with Gasteiger partial charge in [0.2, 0.25) is 11.8 Å². The Morgan fingerprint density at radius 3 is 1.62 bits per heavy atom. The van der Waals surface area contributed by atoms with E-state index in [4.69, 9.17) is 5.73 Å². The summed E-state index contributed by atoms with van der Waals surface area (Å²) in [6.07, 6.45) is 0.834. The normalized spacial score (nSPS) is 16.6. The highest BCUT2D eigenvalue weighted by Crippen LogP contribution is 2.52. The number of carbonyl (C=O) groups excluding carboxylic acids is 2. The molecule has 218 valence electrons.